The summed E-state index contributed by atoms with van der Waals surface area (Å²) in [5, 5.41) is 5.45. The molecule has 0 aliphatic heterocycles. The van der Waals surface area contributed by atoms with Crippen molar-refractivity contribution in [2.24, 2.45) is 0 Å². The van der Waals surface area contributed by atoms with Crippen molar-refractivity contribution in [3.05, 3.63) is 108 Å². The molecule has 0 heterocycles. The fourth-order valence-corrected chi connectivity index (χ4v) is 5.95. The van der Waals surface area contributed by atoms with Crippen LogP contribution in [0.3, 0.4) is 0 Å². The second-order valence-electron chi connectivity index (χ2n) is 9.97. The largest absolute Gasteiger partial charge is 0.0619 e. The van der Waals surface area contributed by atoms with Crippen LogP contribution in [0.2, 0.25) is 0 Å². The number of hydrogen-bond acceptors (Lipinski definition) is 0. The van der Waals surface area contributed by atoms with Gasteiger partial charge in [0, 0.05) is 5.41 Å². The van der Waals surface area contributed by atoms with E-state index in [1.54, 1.807) is 0 Å². The highest BCUT2D eigenvalue weighted by molar-refractivity contribution is 6.15. The van der Waals surface area contributed by atoms with Crippen LogP contribution in [0.1, 0.15) is 50.3 Å². The Morgan fingerprint density at radius 2 is 1.09 bits per heavy atom. The van der Waals surface area contributed by atoms with Crippen LogP contribution in [0.4, 0.5) is 0 Å². The highest BCUT2D eigenvalue weighted by Crippen LogP contribution is 2.50. The van der Waals surface area contributed by atoms with Crippen LogP contribution in [-0.2, 0) is 5.41 Å². The third kappa shape index (κ3) is 2.56. The zero-order valence-electron chi connectivity index (χ0n) is 19.2. The van der Waals surface area contributed by atoms with E-state index in [-0.39, 0.29) is 5.41 Å². The Balaban J connectivity index is 1.71. The second kappa shape index (κ2) is 6.81. The highest BCUT2D eigenvalue weighted by Gasteiger charge is 2.35. The van der Waals surface area contributed by atoms with Gasteiger partial charge in [0.15, 0.2) is 0 Å². The van der Waals surface area contributed by atoms with E-state index in [0.29, 0.717) is 5.92 Å². The molecule has 1 aliphatic carbocycles. The van der Waals surface area contributed by atoms with Crippen molar-refractivity contribution in [2.75, 3.05) is 0 Å². The monoisotopic (exact) mass is 412 g/mol. The first-order chi connectivity index (χ1) is 15.5. The lowest BCUT2D eigenvalue weighted by Gasteiger charge is -2.23. The van der Waals surface area contributed by atoms with Crippen LogP contribution < -0.4 is 0 Å². The number of rotatable bonds is 2. The summed E-state index contributed by atoms with van der Waals surface area (Å²) >= 11 is 0. The molecule has 0 unspecified atom stereocenters. The molecule has 0 amide bonds. The molecule has 0 nitrogen and oxygen atoms in total. The minimum absolute atomic E-state index is 0.00537. The average molecular weight is 413 g/mol. The Labute approximate surface area is 190 Å². The first-order valence-electron chi connectivity index (χ1n) is 11.7. The molecule has 0 radical (unpaired) electrons. The summed E-state index contributed by atoms with van der Waals surface area (Å²) in [5.41, 5.74) is 9.74. The Kier molecular flexibility index (Phi) is 4.11. The molecule has 0 atom stereocenters. The molecule has 0 aromatic heterocycles. The number of benzene rings is 5. The summed E-state index contributed by atoms with van der Waals surface area (Å²) in [6.45, 7) is 9.34. The maximum absolute atomic E-state index is 2.46. The molecule has 0 N–H and O–H groups in total. The van der Waals surface area contributed by atoms with Gasteiger partial charge in [0.05, 0.1) is 0 Å². The molecule has 5 aromatic rings. The van der Waals surface area contributed by atoms with Gasteiger partial charge in [-0.3, -0.25) is 0 Å². The Morgan fingerprint density at radius 3 is 1.72 bits per heavy atom. The van der Waals surface area contributed by atoms with Gasteiger partial charge in [-0.2, -0.15) is 0 Å². The molecule has 0 bridgehead atoms. The molecular formula is C32H28. The molecule has 0 fully saturated rings. The van der Waals surface area contributed by atoms with Gasteiger partial charge in [0.2, 0.25) is 0 Å². The molecule has 0 saturated heterocycles. The lowest BCUT2D eigenvalue weighted by molar-refractivity contribution is 0.660. The van der Waals surface area contributed by atoms with Crippen LogP contribution in [0, 0.1) is 0 Å². The maximum atomic E-state index is 2.46. The molecule has 6 rings (SSSR count). The SMILES string of the molecule is CC(C)c1c2ccccc2c(-c2ccc3c(c2)C(C)(C)c2ccccc2-3)c2ccccc12. The van der Waals surface area contributed by atoms with Gasteiger partial charge in [-0.15, -0.1) is 0 Å². The van der Waals surface area contributed by atoms with E-state index in [4.69, 9.17) is 0 Å². The Hall–Kier alpha value is -3.38. The molecule has 5 aromatic carbocycles. The van der Waals surface area contributed by atoms with Gasteiger partial charge in [-0.25, -0.2) is 0 Å². The van der Waals surface area contributed by atoms with Gasteiger partial charge in [-0.05, 0) is 72.5 Å². The van der Waals surface area contributed by atoms with E-state index in [2.05, 4.69) is 119 Å². The van der Waals surface area contributed by atoms with E-state index in [0.717, 1.165) is 0 Å². The Bertz CT molecular complexity index is 1460. The molecule has 0 heteroatoms. The van der Waals surface area contributed by atoms with Crippen molar-refractivity contribution in [3.8, 4) is 22.3 Å². The lowest BCUT2D eigenvalue weighted by Crippen LogP contribution is -2.14. The summed E-state index contributed by atoms with van der Waals surface area (Å²) < 4.78 is 0. The fraction of sp³-hybridized carbons (Fsp3) is 0.188. The van der Waals surface area contributed by atoms with E-state index in [1.165, 1.54) is 60.5 Å². The fourth-order valence-electron chi connectivity index (χ4n) is 5.95. The summed E-state index contributed by atoms with van der Waals surface area (Å²) in [4.78, 5) is 0. The van der Waals surface area contributed by atoms with E-state index in [9.17, 15) is 0 Å². The average Bonchev–Trinajstić information content (AvgIpc) is 3.04. The van der Waals surface area contributed by atoms with Crippen molar-refractivity contribution in [1.82, 2.24) is 0 Å². The molecule has 0 saturated carbocycles. The minimum atomic E-state index is 0.00537. The van der Waals surface area contributed by atoms with Gasteiger partial charge in [0.1, 0.15) is 0 Å². The van der Waals surface area contributed by atoms with Crippen LogP contribution in [-0.4, -0.2) is 0 Å². The van der Waals surface area contributed by atoms with E-state index < -0.39 is 0 Å². The Morgan fingerprint density at radius 1 is 0.562 bits per heavy atom. The van der Waals surface area contributed by atoms with Gasteiger partial charge in [0.25, 0.3) is 0 Å². The molecule has 32 heavy (non-hydrogen) atoms. The van der Waals surface area contributed by atoms with E-state index in [1.807, 2.05) is 0 Å². The van der Waals surface area contributed by atoms with Crippen LogP contribution in [0.25, 0.3) is 43.8 Å². The first-order valence-corrected chi connectivity index (χ1v) is 11.7. The van der Waals surface area contributed by atoms with Gasteiger partial charge in [-0.1, -0.05) is 113 Å². The van der Waals surface area contributed by atoms with Crippen LogP contribution >= 0.6 is 0 Å². The summed E-state index contributed by atoms with van der Waals surface area (Å²) in [7, 11) is 0. The predicted octanol–water partition coefficient (Wildman–Crippen LogP) is 9.09. The third-order valence-electron chi connectivity index (χ3n) is 7.42. The standard InChI is InChI=1S/C32H28/c1-20(2)30-24-12-5-7-14-26(24)31(27-15-8-6-13-25(27)30)21-17-18-23-22-11-9-10-16-28(22)32(3,4)29(23)19-21/h5-20H,1-4H3. The summed E-state index contributed by atoms with van der Waals surface area (Å²) in [6, 6.07) is 33.9. The maximum Gasteiger partial charge on any atom is 0.0159 e. The van der Waals surface area contributed by atoms with Crippen LogP contribution in [0.5, 0.6) is 0 Å². The second-order valence-corrected chi connectivity index (χ2v) is 9.97. The van der Waals surface area contributed by atoms with Crippen molar-refractivity contribution < 1.29 is 0 Å². The number of fused-ring (bicyclic) bond motifs is 5. The molecule has 0 spiro atoms. The first kappa shape index (κ1) is 19.3. The smallest absolute Gasteiger partial charge is 0.0159 e. The molecule has 156 valence electrons. The topological polar surface area (TPSA) is 0 Å². The molecular weight excluding hydrogens is 384 g/mol. The van der Waals surface area contributed by atoms with Crippen molar-refractivity contribution in [2.45, 2.75) is 39.0 Å². The highest BCUT2D eigenvalue weighted by atomic mass is 14.4. The lowest BCUT2D eigenvalue weighted by atomic mass is 9.80. The summed E-state index contributed by atoms with van der Waals surface area (Å²) in [6.07, 6.45) is 0. The van der Waals surface area contributed by atoms with Gasteiger partial charge >= 0.3 is 0 Å². The third-order valence-corrected chi connectivity index (χ3v) is 7.42. The normalized spacial score (nSPS) is 14.2. The van der Waals surface area contributed by atoms with E-state index >= 15 is 0 Å². The quantitative estimate of drug-likeness (QED) is 0.254. The van der Waals surface area contributed by atoms with Gasteiger partial charge < -0.3 is 0 Å². The zero-order chi connectivity index (χ0) is 22.0. The molecule has 1 aliphatic rings. The predicted molar refractivity (Wildman–Crippen MR) is 139 cm³/mol. The van der Waals surface area contributed by atoms with Crippen molar-refractivity contribution in [3.63, 3.8) is 0 Å². The minimum Gasteiger partial charge on any atom is -0.0619 e. The summed E-state index contributed by atoms with van der Waals surface area (Å²) in [5.74, 6) is 0.465. The zero-order valence-corrected chi connectivity index (χ0v) is 19.2. The van der Waals surface area contributed by atoms with Crippen LogP contribution in [0.15, 0.2) is 91.0 Å². The van der Waals surface area contributed by atoms with Crippen molar-refractivity contribution in [1.29, 1.82) is 0 Å². The number of hydrogen-bond donors (Lipinski definition) is 0. The van der Waals surface area contributed by atoms with Crippen molar-refractivity contribution >= 4 is 21.5 Å².